The minimum atomic E-state index is -1.05. The Hall–Kier alpha value is -3.78. The number of hydrogen-bond donors (Lipinski definition) is 2. The lowest BCUT2D eigenvalue weighted by atomic mass is 10.1. The molecule has 1 aromatic heterocycles. The second-order valence-electron chi connectivity index (χ2n) is 7.57. The molecule has 0 atom stereocenters. The van der Waals surface area contributed by atoms with Crippen LogP contribution in [0.25, 0.3) is 16.8 Å². The molecule has 0 bridgehead atoms. The van der Waals surface area contributed by atoms with E-state index >= 15 is 0 Å². The molecule has 3 aromatic carbocycles. The minimum Gasteiger partial charge on any atom is -0.493 e. The number of nitrogens with zero attached hydrogens (tertiary/aromatic N) is 2. The molecule has 4 aromatic rings. The van der Waals surface area contributed by atoms with Crippen LogP contribution in [-0.4, -0.2) is 33.4 Å². The van der Waals surface area contributed by atoms with Crippen LogP contribution in [0, 0.1) is 0 Å². The molecular formula is C26H25N3O4S. The first-order valence-corrected chi connectivity index (χ1v) is 11.7. The average Bonchev–Trinajstić information content (AvgIpc) is 3.29. The first-order chi connectivity index (χ1) is 16.6. The molecule has 0 aliphatic heterocycles. The Balaban J connectivity index is 1.52. The summed E-state index contributed by atoms with van der Waals surface area (Å²) in [5, 5.41) is 19.3. The van der Waals surface area contributed by atoms with Crippen molar-refractivity contribution in [2.75, 3.05) is 7.11 Å². The number of carboxylic acid groups (broad SMARTS) is 1. The number of aromatic amines is 1. The van der Waals surface area contributed by atoms with Crippen LogP contribution in [0.2, 0.25) is 0 Å². The number of benzene rings is 3. The number of H-pyrrole nitrogens is 1. The maximum absolute atomic E-state index is 11.8. The summed E-state index contributed by atoms with van der Waals surface area (Å²) in [6.07, 6.45) is 3.26. The first-order valence-electron chi connectivity index (χ1n) is 10.9. The zero-order valence-electron chi connectivity index (χ0n) is 18.9. The molecule has 0 aliphatic rings. The highest BCUT2D eigenvalue weighted by Crippen LogP contribution is 2.32. The van der Waals surface area contributed by atoms with Gasteiger partial charge in [-0.25, -0.2) is 9.78 Å². The third kappa shape index (κ3) is 5.58. The number of aryl methyl sites for hydroxylation is 1. The minimum absolute atomic E-state index is 0.105. The lowest BCUT2D eigenvalue weighted by molar-refractivity contribution is -0.131. The van der Waals surface area contributed by atoms with E-state index in [2.05, 4.69) is 33.4 Å². The quantitative estimate of drug-likeness (QED) is 0.224. The standard InChI is InChI=1S/C26H25N3O4S/c1-3-7-24-27-26(29-28-24)34-23(25(30)31)15-17-12-13-21(22(14-17)32-2)33-16-19-10-6-9-18-8-4-5-11-20(18)19/h4-6,8-15H,3,7,16H2,1-2H3,(H,30,31)(H,27,28,29)/b23-15-. The predicted molar refractivity (Wildman–Crippen MR) is 133 cm³/mol. The number of nitrogens with one attached hydrogen (secondary N) is 1. The van der Waals surface area contributed by atoms with E-state index in [1.54, 1.807) is 31.4 Å². The molecule has 1 heterocycles. The topological polar surface area (TPSA) is 97.3 Å². The van der Waals surface area contributed by atoms with Gasteiger partial charge in [-0.2, -0.15) is 0 Å². The zero-order valence-corrected chi connectivity index (χ0v) is 19.8. The normalized spacial score (nSPS) is 11.5. The van der Waals surface area contributed by atoms with E-state index in [0.29, 0.717) is 28.8 Å². The Kier molecular flexibility index (Phi) is 7.49. The van der Waals surface area contributed by atoms with Gasteiger partial charge < -0.3 is 14.6 Å². The summed E-state index contributed by atoms with van der Waals surface area (Å²) in [4.78, 5) is 16.3. The summed E-state index contributed by atoms with van der Waals surface area (Å²) in [5.41, 5.74) is 1.74. The number of carbonyl (C=O) groups is 1. The number of aliphatic carboxylic acids is 1. The molecular weight excluding hydrogens is 450 g/mol. The van der Waals surface area contributed by atoms with Crippen molar-refractivity contribution in [3.63, 3.8) is 0 Å². The average molecular weight is 476 g/mol. The summed E-state index contributed by atoms with van der Waals surface area (Å²) in [6.45, 7) is 2.43. The van der Waals surface area contributed by atoms with Crippen molar-refractivity contribution in [3.8, 4) is 11.5 Å². The summed E-state index contributed by atoms with van der Waals surface area (Å²) in [7, 11) is 1.56. The largest absolute Gasteiger partial charge is 0.493 e. The molecule has 0 fully saturated rings. The van der Waals surface area contributed by atoms with E-state index in [0.717, 1.165) is 46.8 Å². The molecule has 0 saturated heterocycles. The molecule has 8 heteroatoms. The van der Waals surface area contributed by atoms with Crippen LogP contribution in [-0.2, 0) is 17.8 Å². The van der Waals surface area contributed by atoms with Crippen LogP contribution < -0.4 is 9.47 Å². The van der Waals surface area contributed by atoms with Gasteiger partial charge >= 0.3 is 5.97 Å². The lowest BCUT2D eigenvalue weighted by Gasteiger charge is -2.13. The van der Waals surface area contributed by atoms with Crippen LogP contribution in [0.4, 0.5) is 0 Å². The smallest absolute Gasteiger partial charge is 0.342 e. The van der Waals surface area contributed by atoms with Crippen LogP contribution >= 0.6 is 11.8 Å². The number of hydrogen-bond acceptors (Lipinski definition) is 6. The van der Waals surface area contributed by atoms with Gasteiger partial charge in [-0.1, -0.05) is 55.5 Å². The van der Waals surface area contributed by atoms with Gasteiger partial charge in [-0.05, 0) is 58.3 Å². The van der Waals surface area contributed by atoms with E-state index < -0.39 is 5.97 Å². The highest BCUT2D eigenvalue weighted by molar-refractivity contribution is 8.04. The van der Waals surface area contributed by atoms with Crippen molar-refractivity contribution in [1.29, 1.82) is 0 Å². The van der Waals surface area contributed by atoms with Crippen molar-refractivity contribution < 1.29 is 19.4 Å². The maximum atomic E-state index is 11.8. The predicted octanol–water partition coefficient (Wildman–Crippen LogP) is 5.72. The Morgan fingerprint density at radius 2 is 1.94 bits per heavy atom. The van der Waals surface area contributed by atoms with Crippen molar-refractivity contribution in [2.45, 2.75) is 31.5 Å². The summed E-state index contributed by atoms with van der Waals surface area (Å²) < 4.78 is 11.6. The molecule has 34 heavy (non-hydrogen) atoms. The molecule has 7 nitrogen and oxygen atoms in total. The third-order valence-corrected chi connectivity index (χ3v) is 6.04. The lowest BCUT2D eigenvalue weighted by Crippen LogP contribution is -1.99. The number of thioether (sulfide) groups is 1. The molecule has 0 amide bonds. The molecule has 0 spiro atoms. The Morgan fingerprint density at radius 3 is 2.74 bits per heavy atom. The first kappa shape index (κ1) is 23.4. The van der Waals surface area contributed by atoms with Gasteiger partial charge in [0.25, 0.3) is 0 Å². The van der Waals surface area contributed by atoms with E-state index in [1.165, 1.54) is 0 Å². The molecule has 0 saturated carbocycles. The van der Waals surface area contributed by atoms with Crippen LogP contribution in [0.1, 0.15) is 30.3 Å². The summed E-state index contributed by atoms with van der Waals surface area (Å²) in [6, 6.07) is 19.6. The second kappa shape index (κ2) is 10.9. The summed E-state index contributed by atoms with van der Waals surface area (Å²) in [5.74, 6) is 0.785. The number of aromatic nitrogens is 3. The van der Waals surface area contributed by atoms with Gasteiger partial charge in [-0.3, -0.25) is 5.10 Å². The SMILES string of the molecule is CCCc1nc(S/C(=C\c2ccc(OCc3cccc4ccccc34)c(OC)c2)C(=O)O)n[nH]1. The van der Waals surface area contributed by atoms with Crippen LogP contribution in [0.15, 0.2) is 70.7 Å². The monoisotopic (exact) mass is 475 g/mol. The van der Waals surface area contributed by atoms with E-state index in [9.17, 15) is 9.90 Å². The fourth-order valence-corrected chi connectivity index (χ4v) is 4.25. The Morgan fingerprint density at radius 1 is 1.12 bits per heavy atom. The van der Waals surface area contributed by atoms with E-state index in [-0.39, 0.29) is 4.91 Å². The van der Waals surface area contributed by atoms with Crippen molar-refractivity contribution >= 4 is 34.6 Å². The van der Waals surface area contributed by atoms with Gasteiger partial charge in [0.05, 0.1) is 7.11 Å². The summed E-state index contributed by atoms with van der Waals surface area (Å²) >= 11 is 1.00. The van der Waals surface area contributed by atoms with Crippen molar-refractivity contribution in [3.05, 3.63) is 82.5 Å². The second-order valence-corrected chi connectivity index (χ2v) is 8.58. The molecule has 0 radical (unpaired) electrons. The fraction of sp³-hybridized carbons (Fsp3) is 0.192. The van der Waals surface area contributed by atoms with E-state index in [1.807, 2.05) is 31.2 Å². The van der Waals surface area contributed by atoms with Crippen molar-refractivity contribution in [1.82, 2.24) is 15.2 Å². The van der Waals surface area contributed by atoms with Gasteiger partial charge in [0.15, 0.2) is 11.5 Å². The number of methoxy groups -OCH3 is 1. The third-order valence-electron chi connectivity index (χ3n) is 5.16. The maximum Gasteiger partial charge on any atom is 0.342 e. The van der Waals surface area contributed by atoms with Gasteiger partial charge in [0, 0.05) is 6.42 Å². The van der Waals surface area contributed by atoms with Gasteiger partial charge in [0.1, 0.15) is 17.3 Å². The van der Waals surface area contributed by atoms with Crippen LogP contribution in [0.3, 0.4) is 0 Å². The Labute approximate surface area is 201 Å². The van der Waals surface area contributed by atoms with E-state index in [4.69, 9.17) is 9.47 Å². The molecule has 2 N–H and O–H groups in total. The number of fused-ring (bicyclic) bond motifs is 1. The zero-order chi connectivity index (χ0) is 23.9. The van der Waals surface area contributed by atoms with Crippen LogP contribution in [0.5, 0.6) is 11.5 Å². The highest BCUT2D eigenvalue weighted by atomic mass is 32.2. The Bertz CT molecular complexity index is 1330. The highest BCUT2D eigenvalue weighted by Gasteiger charge is 2.15. The molecule has 0 unspecified atom stereocenters. The number of rotatable bonds is 10. The number of ether oxygens (including phenoxy) is 2. The fourth-order valence-electron chi connectivity index (χ4n) is 3.52. The number of carboxylic acids is 1. The van der Waals surface area contributed by atoms with Gasteiger partial charge in [0.2, 0.25) is 5.16 Å². The van der Waals surface area contributed by atoms with Gasteiger partial charge in [-0.15, -0.1) is 5.10 Å². The van der Waals surface area contributed by atoms with Crippen molar-refractivity contribution in [2.24, 2.45) is 0 Å². The molecule has 4 rings (SSSR count). The molecule has 0 aliphatic carbocycles. The molecule has 174 valence electrons.